The Hall–Kier alpha value is -0.250. The fraction of sp³-hybridized carbons (Fsp3) is 0.500. The number of halogens is 2. The Kier molecular flexibility index (Phi) is 4.11. The molecule has 2 nitrogen and oxygen atoms in total. The highest BCUT2D eigenvalue weighted by Crippen LogP contribution is 2.28. The number of hydrogen-bond acceptors (Lipinski definition) is 2. The Morgan fingerprint density at radius 1 is 1.31 bits per heavy atom. The summed E-state index contributed by atoms with van der Waals surface area (Å²) in [7, 11) is 0. The molecule has 0 heterocycles. The van der Waals surface area contributed by atoms with Gasteiger partial charge in [0.15, 0.2) is 0 Å². The summed E-state index contributed by atoms with van der Waals surface area (Å²) in [6.07, 6.45) is 3.98. The van der Waals surface area contributed by atoms with Crippen LogP contribution in [0.25, 0.3) is 0 Å². The van der Waals surface area contributed by atoms with E-state index in [1.807, 2.05) is 18.2 Å². The van der Waals surface area contributed by atoms with Crippen LogP contribution in [-0.2, 0) is 0 Å². The van der Waals surface area contributed by atoms with Crippen LogP contribution in [0.15, 0.2) is 22.7 Å². The van der Waals surface area contributed by atoms with E-state index in [1.165, 1.54) is 6.42 Å². The fourth-order valence-corrected chi connectivity index (χ4v) is 2.51. The van der Waals surface area contributed by atoms with Gasteiger partial charge in [0.2, 0.25) is 0 Å². The highest BCUT2D eigenvalue weighted by Gasteiger charge is 2.22. The highest BCUT2D eigenvalue weighted by molar-refractivity contribution is 9.10. The lowest BCUT2D eigenvalue weighted by atomic mass is 9.92. The average Bonchev–Trinajstić information content (AvgIpc) is 2.27. The smallest absolute Gasteiger partial charge is 0.0741 e. The molecule has 1 aromatic rings. The van der Waals surface area contributed by atoms with Crippen molar-refractivity contribution in [2.45, 2.75) is 37.8 Å². The van der Waals surface area contributed by atoms with E-state index in [-0.39, 0.29) is 12.1 Å². The number of aliphatic hydroxyl groups is 1. The van der Waals surface area contributed by atoms with Crippen molar-refractivity contribution in [2.24, 2.45) is 0 Å². The topological polar surface area (TPSA) is 32.3 Å². The van der Waals surface area contributed by atoms with Crippen LogP contribution in [-0.4, -0.2) is 17.3 Å². The summed E-state index contributed by atoms with van der Waals surface area (Å²) in [6.45, 7) is 0. The molecule has 1 aromatic carbocycles. The molecule has 2 atom stereocenters. The number of benzene rings is 1. The zero-order valence-electron chi connectivity index (χ0n) is 8.92. The molecule has 0 bridgehead atoms. The molecule has 0 radical (unpaired) electrons. The van der Waals surface area contributed by atoms with E-state index < -0.39 is 0 Å². The van der Waals surface area contributed by atoms with Gasteiger partial charge in [-0.1, -0.05) is 24.4 Å². The van der Waals surface area contributed by atoms with E-state index >= 15 is 0 Å². The van der Waals surface area contributed by atoms with Crippen LogP contribution in [0.4, 0.5) is 5.69 Å². The molecule has 0 aliphatic heterocycles. The normalized spacial score (nSPS) is 25.4. The van der Waals surface area contributed by atoms with Crippen LogP contribution in [0, 0.1) is 0 Å². The molecule has 0 amide bonds. The van der Waals surface area contributed by atoms with Crippen LogP contribution < -0.4 is 5.32 Å². The van der Waals surface area contributed by atoms with Crippen molar-refractivity contribution in [3.63, 3.8) is 0 Å². The first-order chi connectivity index (χ1) is 7.66. The molecule has 1 aliphatic carbocycles. The van der Waals surface area contributed by atoms with E-state index in [9.17, 15) is 5.11 Å². The minimum Gasteiger partial charge on any atom is -0.391 e. The van der Waals surface area contributed by atoms with Gasteiger partial charge in [0.05, 0.1) is 17.2 Å². The van der Waals surface area contributed by atoms with Gasteiger partial charge in [-0.3, -0.25) is 0 Å². The van der Waals surface area contributed by atoms with Gasteiger partial charge in [-0.05, 0) is 47.0 Å². The second-order valence-electron chi connectivity index (χ2n) is 4.23. The monoisotopic (exact) mass is 303 g/mol. The van der Waals surface area contributed by atoms with Crippen molar-refractivity contribution in [3.8, 4) is 0 Å². The van der Waals surface area contributed by atoms with Crippen molar-refractivity contribution in [3.05, 3.63) is 27.7 Å². The third-order valence-corrected chi connectivity index (χ3v) is 4.23. The maximum atomic E-state index is 9.85. The van der Waals surface area contributed by atoms with Gasteiger partial charge >= 0.3 is 0 Å². The quantitative estimate of drug-likeness (QED) is 0.870. The summed E-state index contributed by atoms with van der Waals surface area (Å²) in [5, 5.41) is 13.9. The first kappa shape index (κ1) is 12.2. The van der Waals surface area contributed by atoms with E-state index in [0.29, 0.717) is 5.02 Å². The second kappa shape index (κ2) is 5.39. The Bertz CT molecular complexity index is 372. The van der Waals surface area contributed by atoms with Gasteiger partial charge in [-0.2, -0.15) is 0 Å². The van der Waals surface area contributed by atoms with Crippen molar-refractivity contribution in [1.82, 2.24) is 0 Å². The van der Waals surface area contributed by atoms with Crippen LogP contribution in [0.5, 0.6) is 0 Å². The largest absolute Gasteiger partial charge is 0.391 e. The van der Waals surface area contributed by atoms with Crippen molar-refractivity contribution in [1.29, 1.82) is 0 Å². The molecule has 2 N–H and O–H groups in total. The first-order valence-corrected chi connectivity index (χ1v) is 6.73. The zero-order valence-corrected chi connectivity index (χ0v) is 11.3. The summed E-state index contributed by atoms with van der Waals surface area (Å²) in [5.41, 5.74) is 0.971. The van der Waals surface area contributed by atoms with Crippen molar-refractivity contribution < 1.29 is 5.11 Å². The van der Waals surface area contributed by atoms with E-state index in [0.717, 1.165) is 29.4 Å². The Balaban J connectivity index is 2.05. The molecular formula is C12H15BrClNO. The number of aliphatic hydroxyl groups excluding tert-OH is 1. The van der Waals surface area contributed by atoms with E-state index in [2.05, 4.69) is 21.2 Å². The highest BCUT2D eigenvalue weighted by atomic mass is 79.9. The Morgan fingerprint density at radius 2 is 2.06 bits per heavy atom. The second-order valence-corrected chi connectivity index (χ2v) is 5.49. The van der Waals surface area contributed by atoms with Gasteiger partial charge in [0.1, 0.15) is 0 Å². The molecule has 88 valence electrons. The van der Waals surface area contributed by atoms with Gasteiger partial charge in [0.25, 0.3) is 0 Å². The molecule has 1 fully saturated rings. The lowest BCUT2D eigenvalue weighted by Gasteiger charge is -2.29. The van der Waals surface area contributed by atoms with E-state index in [1.54, 1.807) is 0 Å². The predicted molar refractivity (Wildman–Crippen MR) is 71.0 cm³/mol. The standard InChI is InChI=1S/C12H15BrClNO/c13-9-6-5-8(7-10(9)14)15-11-3-1-2-4-12(11)16/h5-7,11-12,15-16H,1-4H2. The summed E-state index contributed by atoms with van der Waals surface area (Å²) < 4.78 is 0.893. The molecule has 1 saturated carbocycles. The Labute approximate surface area is 109 Å². The van der Waals surface area contributed by atoms with Gasteiger partial charge < -0.3 is 10.4 Å². The summed E-state index contributed by atoms with van der Waals surface area (Å²) in [5.74, 6) is 0. The van der Waals surface area contributed by atoms with Crippen LogP contribution >= 0.6 is 27.5 Å². The molecule has 4 heteroatoms. The summed E-state index contributed by atoms with van der Waals surface area (Å²) >= 11 is 9.38. The molecule has 2 unspecified atom stereocenters. The van der Waals surface area contributed by atoms with Gasteiger partial charge in [0, 0.05) is 10.2 Å². The third kappa shape index (κ3) is 2.90. The van der Waals surface area contributed by atoms with Crippen LogP contribution in [0.2, 0.25) is 5.02 Å². The summed E-state index contributed by atoms with van der Waals surface area (Å²) in [4.78, 5) is 0. The van der Waals surface area contributed by atoms with E-state index in [4.69, 9.17) is 11.6 Å². The lowest BCUT2D eigenvalue weighted by Crippen LogP contribution is -2.36. The minimum atomic E-state index is -0.240. The Morgan fingerprint density at radius 3 is 2.75 bits per heavy atom. The molecule has 16 heavy (non-hydrogen) atoms. The minimum absolute atomic E-state index is 0.158. The zero-order chi connectivity index (χ0) is 11.5. The van der Waals surface area contributed by atoms with Crippen LogP contribution in [0.1, 0.15) is 25.7 Å². The molecule has 0 aromatic heterocycles. The lowest BCUT2D eigenvalue weighted by molar-refractivity contribution is 0.116. The van der Waals surface area contributed by atoms with Crippen molar-refractivity contribution >= 4 is 33.2 Å². The van der Waals surface area contributed by atoms with Gasteiger partial charge in [-0.15, -0.1) is 0 Å². The maximum absolute atomic E-state index is 9.85. The number of nitrogens with one attached hydrogen (secondary N) is 1. The van der Waals surface area contributed by atoms with Gasteiger partial charge in [-0.25, -0.2) is 0 Å². The number of hydrogen-bond donors (Lipinski definition) is 2. The third-order valence-electron chi connectivity index (χ3n) is 3.00. The molecule has 0 spiro atoms. The molecule has 2 rings (SSSR count). The number of anilines is 1. The predicted octanol–water partition coefficient (Wildman–Crippen LogP) is 3.82. The fourth-order valence-electron chi connectivity index (χ4n) is 2.08. The maximum Gasteiger partial charge on any atom is 0.0741 e. The molecular weight excluding hydrogens is 289 g/mol. The SMILES string of the molecule is OC1CCCCC1Nc1ccc(Br)c(Cl)c1. The van der Waals surface area contributed by atoms with Crippen molar-refractivity contribution in [2.75, 3.05) is 5.32 Å². The molecule has 0 saturated heterocycles. The molecule has 1 aliphatic rings. The first-order valence-electron chi connectivity index (χ1n) is 5.56. The average molecular weight is 305 g/mol. The van der Waals surface area contributed by atoms with Crippen LogP contribution in [0.3, 0.4) is 0 Å². The summed E-state index contributed by atoms with van der Waals surface area (Å²) in [6, 6.07) is 5.93. The number of rotatable bonds is 2.